The van der Waals surface area contributed by atoms with Gasteiger partial charge in [-0.1, -0.05) is 12.1 Å². The van der Waals surface area contributed by atoms with Crippen molar-refractivity contribution in [1.29, 1.82) is 0 Å². The van der Waals surface area contributed by atoms with Crippen LogP contribution in [0.25, 0.3) is 0 Å². The normalized spacial score (nSPS) is 14.4. The molecule has 1 aromatic carbocycles. The molecule has 0 bridgehead atoms. The van der Waals surface area contributed by atoms with Gasteiger partial charge in [0.05, 0.1) is 0 Å². The van der Waals surface area contributed by atoms with E-state index in [2.05, 4.69) is 20.6 Å². The molecule has 1 aliphatic carbocycles. The van der Waals surface area contributed by atoms with Crippen molar-refractivity contribution in [3.8, 4) is 5.88 Å². The molecule has 0 saturated heterocycles. The minimum absolute atomic E-state index is 0.000571. The molecule has 1 saturated carbocycles. The number of pyridine rings is 1. The van der Waals surface area contributed by atoms with Crippen LogP contribution >= 0.6 is 0 Å². The van der Waals surface area contributed by atoms with Crippen molar-refractivity contribution in [1.82, 2.24) is 20.5 Å². The van der Waals surface area contributed by atoms with Crippen molar-refractivity contribution < 1.29 is 9.53 Å². The first-order valence-electron chi connectivity index (χ1n) is 10.4. The Hall–Kier alpha value is -3.09. The van der Waals surface area contributed by atoms with Gasteiger partial charge in [0.15, 0.2) is 5.96 Å². The van der Waals surface area contributed by atoms with Crippen LogP contribution in [0, 0.1) is 0 Å². The molecule has 7 heteroatoms. The van der Waals surface area contributed by atoms with Crippen molar-refractivity contribution in [3.63, 3.8) is 0 Å². The molecule has 1 aromatic heterocycles. The third-order valence-corrected chi connectivity index (χ3v) is 5.14. The summed E-state index contributed by atoms with van der Waals surface area (Å²) in [5.74, 6) is 1.40. The number of aromatic nitrogens is 1. The highest BCUT2D eigenvalue weighted by Crippen LogP contribution is 2.23. The van der Waals surface area contributed by atoms with E-state index in [1.54, 1.807) is 32.2 Å². The van der Waals surface area contributed by atoms with Gasteiger partial charge in [0.2, 0.25) is 5.88 Å². The SMILES string of the molecule is CN=C(NCc1ccc(C(=O)N(C)C)cc1)NCc1ccnc(OC2CCCC2)c1. The van der Waals surface area contributed by atoms with Gasteiger partial charge >= 0.3 is 0 Å². The number of nitrogens with zero attached hydrogens (tertiary/aromatic N) is 3. The van der Waals surface area contributed by atoms with Gasteiger partial charge in [0.1, 0.15) is 6.10 Å². The molecule has 160 valence electrons. The van der Waals surface area contributed by atoms with E-state index < -0.39 is 0 Å². The fourth-order valence-corrected chi connectivity index (χ4v) is 3.42. The van der Waals surface area contributed by atoms with E-state index >= 15 is 0 Å². The summed E-state index contributed by atoms with van der Waals surface area (Å²) < 4.78 is 5.98. The second kappa shape index (κ2) is 10.6. The molecule has 1 aliphatic rings. The summed E-state index contributed by atoms with van der Waals surface area (Å²) in [5.41, 5.74) is 2.84. The van der Waals surface area contributed by atoms with E-state index in [0.29, 0.717) is 36.6 Å². The minimum atomic E-state index is 0.000571. The van der Waals surface area contributed by atoms with Crippen molar-refractivity contribution in [3.05, 3.63) is 59.3 Å². The Balaban J connectivity index is 1.48. The average Bonchev–Trinajstić information content (AvgIpc) is 3.27. The molecule has 0 radical (unpaired) electrons. The molecule has 0 atom stereocenters. The third kappa shape index (κ3) is 6.20. The molecule has 0 unspecified atom stereocenters. The van der Waals surface area contributed by atoms with Crippen LogP contribution in [0.4, 0.5) is 0 Å². The van der Waals surface area contributed by atoms with Crippen LogP contribution in [-0.2, 0) is 13.1 Å². The molecule has 7 nitrogen and oxygen atoms in total. The molecule has 1 heterocycles. The molecule has 1 fully saturated rings. The largest absolute Gasteiger partial charge is 0.474 e. The van der Waals surface area contributed by atoms with Crippen LogP contribution in [0.3, 0.4) is 0 Å². The zero-order chi connectivity index (χ0) is 21.3. The van der Waals surface area contributed by atoms with Crippen LogP contribution < -0.4 is 15.4 Å². The lowest BCUT2D eigenvalue weighted by Gasteiger charge is -2.14. The number of ether oxygens (including phenoxy) is 1. The first-order chi connectivity index (χ1) is 14.5. The molecule has 2 N–H and O–H groups in total. The number of rotatable bonds is 7. The molecule has 1 amide bonds. The standard InChI is InChI=1S/C23H31N5O2/c1-24-23(26-15-17-8-10-19(11-9-17)22(29)28(2)3)27-16-18-12-13-25-21(14-18)30-20-6-4-5-7-20/h8-14,20H,4-7,15-16H2,1-3H3,(H2,24,26,27). The maximum absolute atomic E-state index is 12.0. The van der Waals surface area contributed by atoms with Gasteiger partial charge in [-0.3, -0.25) is 9.79 Å². The van der Waals surface area contributed by atoms with Gasteiger partial charge in [0, 0.05) is 52.1 Å². The first kappa shape index (κ1) is 21.6. The van der Waals surface area contributed by atoms with Gasteiger partial charge in [-0.15, -0.1) is 0 Å². The lowest BCUT2D eigenvalue weighted by Crippen LogP contribution is -2.36. The monoisotopic (exact) mass is 409 g/mol. The summed E-state index contributed by atoms with van der Waals surface area (Å²) >= 11 is 0. The molecular weight excluding hydrogens is 378 g/mol. The van der Waals surface area contributed by atoms with E-state index in [4.69, 9.17) is 4.74 Å². The predicted molar refractivity (Wildman–Crippen MR) is 119 cm³/mol. The first-order valence-corrected chi connectivity index (χ1v) is 10.4. The van der Waals surface area contributed by atoms with Crippen LogP contribution in [-0.4, -0.2) is 49.0 Å². The summed E-state index contributed by atoms with van der Waals surface area (Å²) in [6.45, 7) is 1.24. The number of carbonyl (C=O) groups excluding carboxylic acids is 1. The zero-order valence-electron chi connectivity index (χ0n) is 18.0. The molecule has 2 aromatic rings. The fraction of sp³-hybridized carbons (Fsp3) is 0.435. The molecule has 30 heavy (non-hydrogen) atoms. The summed E-state index contributed by atoms with van der Waals surface area (Å²) in [6, 6.07) is 11.6. The Morgan fingerprint density at radius 2 is 1.77 bits per heavy atom. The number of nitrogens with one attached hydrogen (secondary N) is 2. The summed E-state index contributed by atoms with van der Waals surface area (Å²) in [5, 5.41) is 6.61. The number of benzene rings is 1. The van der Waals surface area contributed by atoms with E-state index in [0.717, 1.165) is 24.0 Å². The van der Waals surface area contributed by atoms with E-state index in [1.807, 2.05) is 36.4 Å². The summed E-state index contributed by atoms with van der Waals surface area (Å²) in [6.07, 6.45) is 6.80. The van der Waals surface area contributed by atoms with Crippen molar-refractivity contribution in [2.24, 2.45) is 4.99 Å². The summed E-state index contributed by atoms with van der Waals surface area (Å²) in [4.78, 5) is 22.2. The number of carbonyl (C=O) groups is 1. The van der Waals surface area contributed by atoms with Crippen LogP contribution in [0.5, 0.6) is 5.88 Å². The number of aliphatic imine (C=N–C) groups is 1. The van der Waals surface area contributed by atoms with E-state index in [9.17, 15) is 4.79 Å². The Bertz CT molecular complexity index is 858. The van der Waals surface area contributed by atoms with Gasteiger partial charge in [-0.2, -0.15) is 0 Å². The number of hydrogen-bond acceptors (Lipinski definition) is 4. The highest BCUT2D eigenvalue weighted by Gasteiger charge is 2.17. The van der Waals surface area contributed by atoms with Crippen molar-refractivity contribution >= 4 is 11.9 Å². The fourth-order valence-electron chi connectivity index (χ4n) is 3.42. The summed E-state index contributed by atoms with van der Waals surface area (Å²) in [7, 11) is 5.25. The lowest BCUT2D eigenvalue weighted by molar-refractivity contribution is 0.0827. The molecule has 0 spiro atoms. The Labute approximate surface area is 178 Å². The Morgan fingerprint density at radius 3 is 2.40 bits per heavy atom. The third-order valence-electron chi connectivity index (χ3n) is 5.14. The van der Waals surface area contributed by atoms with Crippen molar-refractivity contribution in [2.75, 3.05) is 21.1 Å². The molecule has 0 aliphatic heterocycles. The zero-order valence-corrected chi connectivity index (χ0v) is 18.0. The smallest absolute Gasteiger partial charge is 0.253 e. The maximum Gasteiger partial charge on any atom is 0.253 e. The van der Waals surface area contributed by atoms with Crippen LogP contribution in [0.1, 0.15) is 47.2 Å². The Kier molecular flexibility index (Phi) is 7.65. The highest BCUT2D eigenvalue weighted by molar-refractivity contribution is 5.93. The topological polar surface area (TPSA) is 78.9 Å². The van der Waals surface area contributed by atoms with Gasteiger partial charge in [0.25, 0.3) is 5.91 Å². The quantitative estimate of drug-likeness (QED) is 0.543. The number of guanidine groups is 1. The van der Waals surface area contributed by atoms with Gasteiger partial charge in [-0.05, 0) is 55.0 Å². The molecule has 3 rings (SSSR count). The average molecular weight is 410 g/mol. The van der Waals surface area contributed by atoms with Crippen LogP contribution in [0.15, 0.2) is 47.6 Å². The number of amides is 1. The van der Waals surface area contributed by atoms with E-state index in [1.165, 1.54) is 12.8 Å². The minimum Gasteiger partial charge on any atom is -0.474 e. The Morgan fingerprint density at radius 1 is 1.10 bits per heavy atom. The predicted octanol–water partition coefficient (Wildman–Crippen LogP) is 2.97. The van der Waals surface area contributed by atoms with Gasteiger partial charge in [-0.25, -0.2) is 4.98 Å². The lowest BCUT2D eigenvalue weighted by atomic mass is 10.1. The van der Waals surface area contributed by atoms with E-state index in [-0.39, 0.29) is 5.91 Å². The highest BCUT2D eigenvalue weighted by atomic mass is 16.5. The second-order valence-corrected chi connectivity index (χ2v) is 7.70. The second-order valence-electron chi connectivity index (χ2n) is 7.70. The maximum atomic E-state index is 12.0. The van der Waals surface area contributed by atoms with Crippen molar-refractivity contribution in [2.45, 2.75) is 44.9 Å². The number of hydrogen-bond donors (Lipinski definition) is 2. The van der Waals surface area contributed by atoms with Crippen LogP contribution in [0.2, 0.25) is 0 Å². The van der Waals surface area contributed by atoms with Gasteiger partial charge < -0.3 is 20.3 Å². The molecular formula is C23H31N5O2.